The molecule has 7 heteroatoms. The molecule has 0 unspecified atom stereocenters. The molecule has 40 heavy (non-hydrogen) atoms. The summed E-state index contributed by atoms with van der Waals surface area (Å²) in [6.45, 7) is 3.82. The molecule has 5 aromatic carbocycles. The van der Waals surface area contributed by atoms with Crippen molar-refractivity contribution in [3.8, 4) is 11.5 Å². The molecule has 2 N–H and O–H groups in total. The third-order valence-corrected chi connectivity index (χ3v) is 6.76. The fraction of sp³-hybridized carbons (Fsp3) is 0.121. The second-order valence-corrected chi connectivity index (χ2v) is 9.38. The number of hydrogen-bond acceptors (Lipinski definition) is 6. The predicted octanol–water partition coefficient (Wildman–Crippen LogP) is 7.00. The van der Waals surface area contributed by atoms with Crippen LogP contribution in [0.2, 0.25) is 0 Å². The number of carbonyl (C=O) groups is 1. The zero-order chi connectivity index (χ0) is 28.1. The van der Waals surface area contributed by atoms with Gasteiger partial charge < -0.3 is 9.47 Å². The van der Waals surface area contributed by atoms with E-state index < -0.39 is 0 Å². The molecule has 0 fully saturated rings. The van der Waals surface area contributed by atoms with Gasteiger partial charge in [0.05, 0.1) is 31.3 Å². The van der Waals surface area contributed by atoms with E-state index in [1.54, 1.807) is 26.4 Å². The molecule has 0 saturated heterocycles. The number of nitrogens with zero attached hydrogens (tertiary/aromatic N) is 2. The Kier molecular flexibility index (Phi) is 7.73. The van der Waals surface area contributed by atoms with E-state index in [0.717, 1.165) is 55.6 Å². The summed E-state index contributed by atoms with van der Waals surface area (Å²) in [7, 11) is 3.32. The van der Waals surface area contributed by atoms with E-state index in [2.05, 4.69) is 33.2 Å². The number of fused-ring (bicyclic) bond motifs is 2. The largest absolute Gasteiger partial charge is 0.497 e. The van der Waals surface area contributed by atoms with Crippen molar-refractivity contribution in [1.82, 2.24) is 5.43 Å². The first-order chi connectivity index (χ1) is 19.4. The first-order valence-electron chi connectivity index (χ1n) is 12.8. The van der Waals surface area contributed by atoms with Crippen LogP contribution in [0.1, 0.15) is 35.3 Å². The molecule has 0 aliphatic carbocycles. The van der Waals surface area contributed by atoms with Gasteiger partial charge >= 0.3 is 0 Å². The number of benzene rings is 5. The van der Waals surface area contributed by atoms with Crippen molar-refractivity contribution >= 4 is 44.6 Å². The molecule has 200 valence electrons. The average molecular weight is 531 g/mol. The van der Waals surface area contributed by atoms with Crippen LogP contribution in [0.5, 0.6) is 11.5 Å². The fourth-order valence-electron chi connectivity index (χ4n) is 4.32. The highest BCUT2D eigenvalue weighted by Crippen LogP contribution is 2.23. The highest BCUT2D eigenvalue weighted by molar-refractivity contribution is 6.04. The zero-order valence-electron chi connectivity index (χ0n) is 22.9. The van der Waals surface area contributed by atoms with E-state index in [1.807, 2.05) is 86.6 Å². The van der Waals surface area contributed by atoms with Crippen molar-refractivity contribution < 1.29 is 14.3 Å². The van der Waals surface area contributed by atoms with Gasteiger partial charge in [-0.2, -0.15) is 10.2 Å². The number of hydrogen-bond donors (Lipinski definition) is 2. The normalized spacial score (nSPS) is 11.9. The highest BCUT2D eigenvalue weighted by Gasteiger charge is 2.07. The second kappa shape index (κ2) is 11.7. The number of rotatable bonds is 8. The van der Waals surface area contributed by atoms with Gasteiger partial charge in [0.1, 0.15) is 11.5 Å². The molecular weight excluding hydrogens is 500 g/mol. The topological polar surface area (TPSA) is 84.3 Å². The summed E-state index contributed by atoms with van der Waals surface area (Å²) in [5.74, 6) is 1.36. The van der Waals surface area contributed by atoms with Crippen molar-refractivity contribution in [3.63, 3.8) is 0 Å². The number of methoxy groups -OCH3 is 2. The third-order valence-electron chi connectivity index (χ3n) is 6.76. The van der Waals surface area contributed by atoms with Crippen LogP contribution >= 0.6 is 0 Å². The van der Waals surface area contributed by atoms with Gasteiger partial charge in [-0.05, 0) is 107 Å². The summed E-state index contributed by atoms with van der Waals surface area (Å²) in [5.41, 5.74) is 10.5. The van der Waals surface area contributed by atoms with Crippen LogP contribution in [-0.2, 0) is 0 Å². The molecule has 5 aromatic rings. The first-order valence-corrected chi connectivity index (χ1v) is 12.8. The summed E-state index contributed by atoms with van der Waals surface area (Å²) in [6.07, 6.45) is 0. The monoisotopic (exact) mass is 530 g/mol. The molecule has 0 radical (unpaired) electrons. The Balaban J connectivity index is 1.21. The molecule has 0 spiro atoms. The second-order valence-electron chi connectivity index (χ2n) is 9.38. The maximum atomic E-state index is 12.7. The van der Waals surface area contributed by atoms with E-state index in [1.165, 1.54) is 0 Å². The standard InChI is InChI=1S/C33H30N4O3/c1-21(24-5-7-28-19-31(39-3)15-11-26(28)17-24)34-36-30-13-9-23(10-14-30)33(38)37-35-22(2)25-6-8-29-20-32(40-4)16-12-27(29)18-25/h5-20,36H,1-4H3,(H,37,38)/b34-21-,35-22-. The summed E-state index contributed by atoms with van der Waals surface area (Å²) < 4.78 is 10.6. The summed E-state index contributed by atoms with van der Waals surface area (Å²) in [5, 5.41) is 13.2. The zero-order valence-corrected chi connectivity index (χ0v) is 22.9. The molecule has 0 aliphatic rings. The average Bonchev–Trinajstić information content (AvgIpc) is 3.01. The maximum absolute atomic E-state index is 12.7. The van der Waals surface area contributed by atoms with Gasteiger partial charge in [-0.15, -0.1) is 0 Å². The van der Waals surface area contributed by atoms with Crippen LogP contribution in [-0.4, -0.2) is 31.6 Å². The van der Waals surface area contributed by atoms with E-state index in [4.69, 9.17) is 9.47 Å². The minimum absolute atomic E-state index is 0.288. The van der Waals surface area contributed by atoms with Gasteiger partial charge in [-0.3, -0.25) is 10.2 Å². The van der Waals surface area contributed by atoms with E-state index in [9.17, 15) is 4.79 Å². The fourth-order valence-corrected chi connectivity index (χ4v) is 4.32. The van der Waals surface area contributed by atoms with Gasteiger partial charge in [0, 0.05) is 5.56 Å². The summed E-state index contributed by atoms with van der Waals surface area (Å²) >= 11 is 0. The number of hydrazone groups is 2. The van der Waals surface area contributed by atoms with E-state index in [-0.39, 0.29) is 5.91 Å². The molecule has 0 aliphatic heterocycles. The molecule has 0 atom stereocenters. The lowest BCUT2D eigenvalue weighted by atomic mass is 10.0. The quantitative estimate of drug-likeness (QED) is 0.167. The summed E-state index contributed by atoms with van der Waals surface area (Å²) in [4.78, 5) is 12.7. The highest BCUT2D eigenvalue weighted by atomic mass is 16.5. The minimum atomic E-state index is -0.288. The Morgan fingerprint density at radius 1 is 0.575 bits per heavy atom. The lowest BCUT2D eigenvalue weighted by Gasteiger charge is -2.08. The molecule has 0 bridgehead atoms. The van der Waals surface area contributed by atoms with Gasteiger partial charge in [0.2, 0.25) is 0 Å². The van der Waals surface area contributed by atoms with Crippen LogP contribution < -0.4 is 20.3 Å². The van der Waals surface area contributed by atoms with Gasteiger partial charge in [0.15, 0.2) is 0 Å². The molecule has 7 nitrogen and oxygen atoms in total. The van der Waals surface area contributed by atoms with Crippen LogP contribution in [0.4, 0.5) is 5.69 Å². The molecule has 0 aromatic heterocycles. The molecule has 0 saturated carbocycles. The van der Waals surface area contributed by atoms with Crippen molar-refractivity contribution in [1.29, 1.82) is 0 Å². The number of nitrogens with one attached hydrogen (secondary N) is 2. The lowest BCUT2D eigenvalue weighted by molar-refractivity contribution is 0.0955. The minimum Gasteiger partial charge on any atom is -0.497 e. The van der Waals surface area contributed by atoms with Gasteiger partial charge in [-0.25, -0.2) is 5.43 Å². The first kappa shape index (κ1) is 26.4. The molecule has 0 heterocycles. The number of carbonyl (C=O) groups excluding carboxylic acids is 1. The molecule has 1 amide bonds. The summed E-state index contributed by atoms with van der Waals surface area (Å²) in [6, 6.07) is 31.2. The maximum Gasteiger partial charge on any atom is 0.271 e. The van der Waals surface area contributed by atoms with Crippen molar-refractivity contribution in [3.05, 3.63) is 114 Å². The van der Waals surface area contributed by atoms with Crippen LogP contribution in [0.15, 0.2) is 107 Å². The Bertz CT molecular complexity index is 1760. The predicted molar refractivity (Wildman–Crippen MR) is 163 cm³/mol. The van der Waals surface area contributed by atoms with Crippen LogP contribution in [0.25, 0.3) is 21.5 Å². The van der Waals surface area contributed by atoms with Gasteiger partial charge in [-0.1, -0.05) is 36.4 Å². The van der Waals surface area contributed by atoms with Crippen molar-refractivity contribution in [2.75, 3.05) is 19.6 Å². The van der Waals surface area contributed by atoms with Crippen LogP contribution in [0, 0.1) is 0 Å². The lowest BCUT2D eigenvalue weighted by Crippen LogP contribution is -2.19. The molecular formula is C33H30N4O3. The Labute approximate surface area is 233 Å². The smallest absolute Gasteiger partial charge is 0.271 e. The van der Waals surface area contributed by atoms with E-state index >= 15 is 0 Å². The van der Waals surface area contributed by atoms with Crippen molar-refractivity contribution in [2.24, 2.45) is 10.2 Å². The van der Waals surface area contributed by atoms with Crippen LogP contribution in [0.3, 0.4) is 0 Å². The third kappa shape index (κ3) is 5.94. The Hall–Kier alpha value is -5.17. The van der Waals surface area contributed by atoms with Crippen molar-refractivity contribution in [2.45, 2.75) is 13.8 Å². The Morgan fingerprint density at radius 2 is 1.02 bits per heavy atom. The number of anilines is 1. The van der Waals surface area contributed by atoms with Gasteiger partial charge in [0.25, 0.3) is 5.91 Å². The molecule has 5 rings (SSSR count). The SMILES string of the molecule is COc1ccc2cc(/C(C)=N\NC(=O)c3ccc(N/N=C(/C)c4ccc5cc(OC)ccc5c4)cc3)ccc2c1. The number of ether oxygens (including phenoxy) is 2. The Morgan fingerprint density at radius 3 is 1.55 bits per heavy atom. The van der Waals surface area contributed by atoms with E-state index in [0.29, 0.717) is 11.3 Å². The number of amides is 1.